The van der Waals surface area contributed by atoms with Gasteiger partial charge < -0.3 is 14.6 Å². The summed E-state index contributed by atoms with van der Waals surface area (Å²) in [6.07, 6.45) is 1.04. The maximum atomic E-state index is 9.89. The molecule has 1 saturated heterocycles. The highest BCUT2D eigenvalue weighted by atomic mass is 16.6. The molecule has 0 bridgehead atoms. The molecule has 0 unspecified atom stereocenters. The molecule has 1 aromatic rings. The first-order valence-corrected chi connectivity index (χ1v) is 5.56. The topological polar surface area (TPSA) is 42.0 Å². The van der Waals surface area contributed by atoms with E-state index in [0.717, 1.165) is 17.9 Å². The quantitative estimate of drug-likeness (QED) is 0.772. The number of aliphatic hydroxyl groups is 1. The lowest BCUT2D eigenvalue weighted by Gasteiger charge is -2.13. The van der Waals surface area contributed by atoms with E-state index in [1.807, 2.05) is 31.2 Å². The summed E-state index contributed by atoms with van der Waals surface area (Å²) < 4.78 is 10.3. The van der Waals surface area contributed by atoms with Crippen LogP contribution >= 0.6 is 0 Å². The Morgan fingerprint density at radius 2 is 2.06 bits per heavy atom. The molecule has 1 N–H and O–H groups in total. The lowest BCUT2D eigenvalue weighted by Crippen LogP contribution is -2.19. The summed E-state index contributed by atoms with van der Waals surface area (Å²) >= 11 is 0. The molecule has 2 atom stereocenters. The van der Waals surface area contributed by atoms with Crippen LogP contribution in [0.4, 0.5) is 0 Å². The Balaban J connectivity index is 1.87. The minimum absolute atomic E-state index is 0.0775. The molecule has 0 spiro atoms. The van der Waals surface area contributed by atoms with Crippen molar-refractivity contribution in [3.8, 4) is 5.75 Å². The molecule has 1 aromatic carbocycles. The monoisotopic (exact) mass is 222 g/mol. The second-order valence-electron chi connectivity index (χ2n) is 4.65. The van der Waals surface area contributed by atoms with Gasteiger partial charge in [0, 0.05) is 6.42 Å². The molecule has 3 nitrogen and oxygen atoms in total. The van der Waals surface area contributed by atoms with Gasteiger partial charge in [-0.1, -0.05) is 12.1 Å². The van der Waals surface area contributed by atoms with E-state index in [1.54, 1.807) is 7.11 Å². The first kappa shape index (κ1) is 11.4. The largest absolute Gasteiger partial charge is 0.497 e. The minimum Gasteiger partial charge on any atom is -0.497 e. The Labute approximate surface area is 96.0 Å². The Bertz CT molecular complexity index is 341. The van der Waals surface area contributed by atoms with E-state index in [9.17, 15) is 5.11 Å². The van der Waals surface area contributed by atoms with Crippen LogP contribution < -0.4 is 4.74 Å². The molecule has 16 heavy (non-hydrogen) atoms. The Morgan fingerprint density at radius 1 is 1.44 bits per heavy atom. The highest BCUT2D eigenvalue weighted by Gasteiger charge is 2.40. The van der Waals surface area contributed by atoms with Gasteiger partial charge >= 0.3 is 0 Å². The second kappa shape index (κ2) is 4.44. The SMILES string of the molecule is COc1ccc(C[C@H](O)C[C@@]2(C)CO2)cc1. The molecule has 1 aliphatic heterocycles. The molecule has 0 aromatic heterocycles. The zero-order valence-corrected chi connectivity index (χ0v) is 9.77. The first-order valence-electron chi connectivity index (χ1n) is 5.56. The molecule has 2 rings (SSSR count). The van der Waals surface area contributed by atoms with Crippen molar-refractivity contribution in [2.75, 3.05) is 13.7 Å². The van der Waals surface area contributed by atoms with Gasteiger partial charge in [-0.3, -0.25) is 0 Å². The number of hydrogen-bond donors (Lipinski definition) is 1. The van der Waals surface area contributed by atoms with E-state index in [4.69, 9.17) is 9.47 Å². The van der Waals surface area contributed by atoms with Gasteiger partial charge in [0.1, 0.15) is 5.75 Å². The smallest absolute Gasteiger partial charge is 0.118 e. The third kappa shape index (κ3) is 2.97. The van der Waals surface area contributed by atoms with Gasteiger partial charge in [0.15, 0.2) is 0 Å². The van der Waals surface area contributed by atoms with Crippen molar-refractivity contribution in [3.05, 3.63) is 29.8 Å². The predicted octanol–water partition coefficient (Wildman–Crippen LogP) is 1.78. The van der Waals surface area contributed by atoms with Gasteiger partial charge in [0.25, 0.3) is 0 Å². The van der Waals surface area contributed by atoms with Crippen LogP contribution in [0, 0.1) is 0 Å². The summed E-state index contributed by atoms with van der Waals surface area (Å²) in [4.78, 5) is 0. The van der Waals surface area contributed by atoms with E-state index in [1.165, 1.54) is 0 Å². The summed E-state index contributed by atoms with van der Waals surface area (Å²) in [6, 6.07) is 7.80. The zero-order valence-electron chi connectivity index (χ0n) is 9.77. The standard InChI is InChI=1S/C13H18O3/c1-13(9-16-13)8-11(14)7-10-3-5-12(15-2)6-4-10/h3-6,11,14H,7-9H2,1-2H3/t11-,13-/m0/s1. The summed E-state index contributed by atoms with van der Waals surface area (Å²) in [5.41, 5.74) is 1.05. The van der Waals surface area contributed by atoms with Gasteiger partial charge in [0.05, 0.1) is 25.4 Å². The van der Waals surface area contributed by atoms with Gasteiger partial charge in [0.2, 0.25) is 0 Å². The molecule has 88 valence electrons. The van der Waals surface area contributed by atoms with Crippen molar-refractivity contribution in [2.24, 2.45) is 0 Å². The van der Waals surface area contributed by atoms with E-state index in [0.29, 0.717) is 12.8 Å². The fourth-order valence-corrected chi connectivity index (χ4v) is 1.85. The lowest BCUT2D eigenvalue weighted by molar-refractivity contribution is 0.130. The molecule has 3 heteroatoms. The predicted molar refractivity (Wildman–Crippen MR) is 61.7 cm³/mol. The van der Waals surface area contributed by atoms with Gasteiger partial charge in [-0.15, -0.1) is 0 Å². The average Bonchev–Trinajstić information content (AvgIpc) is 2.96. The van der Waals surface area contributed by atoms with E-state index in [2.05, 4.69) is 0 Å². The van der Waals surface area contributed by atoms with Crippen LogP contribution in [-0.4, -0.2) is 30.5 Å². The number of epoxide rings is 1. The molecule has 1 aliphatic rings. The number of methoxy groups -OCH3 is 1. The third-order valence-electron chi connectivity index (χ3n) is 2.93. The Morgan fingerprint density at radius 3 is 2.56 bits per heavy atom. The first-order chi connectivity index (χ1) is 7.61. The fourth-order valence-electron chi connectivity index (χ4n) is 1.85. The van der Waals surface area contributed by atoms with Crippen molar-refractivity contribution in [1.29, 1.82) is 0 Å². The Hall–Kier alpha value is -1.06. The van der Waals surface area contributed by atoms with Gasteiger partial charge in [-0.25, -0.2) is 0 Å². The van der Waals surface area contributed by atoms with Crippen LogP contribution in [-0.2, 0) is 11.2 Å². The van der Waals surface area contributed by atoms with E-state index < -0.39 is 0 Å². The van der Waals surface area contributed by atoms with Crippen molar-refractivity contribution in [2.45, 2.75) is 31.5 Å². The number of ether oxygens (including phenoxy) is 2. The van der Waals surface area contributed by atoms with Crippen LogP contribution in [0.3, 0.4) is 0 Å². The van der Waals surface area contributed by atoms with Crippen LogP contribution in [0.5, 0.6) is 5.75 Å². The Kier molecular flexibility index (Phi) is 3.17. The van der Waals surface area contributed by atoms with Crippen molar-refractivity contribution in [3.63, 3.8) is 0 Å². The van der Waals surface area contributed by atoms with Crippen molar-refractivity contribution < 1.29 is 14.6 Å². The summed E-state index contributed by atoms with van der Waals surface area (Å²) in [5.74, 6) is 0.843. The zero-order chi connectivity index (χ0) is 11.6. The summed E-state index contributed by atoms with van der Waals surface area (Å²) in [7, 11) is 1.65. The highest BCUT2D eigenvalue weighted by Crippen LogP contribution is 2.31. The van der Waals surface area contributed by atoms with Crippen LogP contribution in [0.2, 0.25) is 0 Å². The molecule has 0 saturated carbocycles. The maximum absolute atomic E-state index is 9.89. The van der Waals surface area contributed by atoms with E-state index >= 15 is 0 Å². The minimum atomic E-state index is -0.333. The summed E-state index contributed by atoms with van der Waals surface area (Å²) in [6.45, 7) is 2.80. The van der Waals surface area contributed by atoms with Crippen LogP contribution in [0.15, 0.2) is 24.3 Å². The second-order valence-corrected chi connectivity index (χ2v) is 4.65. The van der Waals surface area contributed by atoms with Crippen molar-refractivity contribution in [1.82, 2.24) is 0 Å². The van der Waals surface area contributed by atoms with Crippen LogP contribution in [0.1, 0.15) is 18.9 Å². The number of aliphatic hydroxyl groups excluding tert-OH is 1. The fraction of sp³-hybridized carbons (Fsp3) is 0.538. The maximum Gasteiger partial charge on any atom is 0.118 e. The van der Waals surface area contributed by atoms with E-state index in [-0.39, 0.29) is 11.7 Å². The molecule has 0 radical (unpaired) electrons. The molecule has 1 fully saturated rings. The number of rotatable bonds is 5. The number of benzene rings is 1. The molecular weight excluding hydrogens is 204 g/mol. The number of hydrogen-bond acceptors (Lipinski definition) is 3. The third-order valence-corrected chi connectivity index (χ3v) is 2.93. The summed E-state index contributed by atoms with van der Waals surface area (Å²) in [5, 5.41) is 9.89. The molecule has 1 heterocycles. The average molecular weight is 222 g/mol. The van der Waals surface area contributed by atoms with Crippen molar-refractivity contribution >= 4 is 0 Å². The van der Waals surface area contributed by atoms with Gasteiger partial charge in [-0.2, -0.15) is 0 Å². The molecule has 0 aliphatic carbocycles. The van der Waals surface area contributed by atoms with Gasteiger partial charge in [-0.05, 0) is 31.0 Å². The molecule has 0 amide bonds. The lowest BCUT2D eigenvalue weighted by atomic mass is 9.99. The normalized spacial score (nSPS) is 25.2. The highest BCUT2D eigenvalue weighted by molar-refractivity contribution is 5.27. The van der Waals surface area contributed by atoms with Crippen LogP contribution in [0.25, 0.3) is 0 Å². The molecular formula is C13H18O3.